The summed E-state index contributed by atoms with van der Waals surface area (Å²) in [5.74, 6) is 3.17. The number of hydrogen-bond acceptors (Lipinski definition) is 3. The highest BCUT2D eigenvalue weighted by Gasteiger charge is 2.89. The van der Waals surface area contributed by atoms with Gasteiger partial charge in [0.25, 0.3) is 0 Å². The van der Waals surface area contributed by atoms with Crippen LogP contribution in [-0.2, 0) is 14.3 Å². The van der Waals surface area contributed by atoms with Crippen molar-refractivity contribution >= 4 is 11.8 Å². The lowest BCUT2D eigenvalue weighted by atomic mass is 9.87. The third-order valence-corrected chi connectivity index (χ3v) is 4.62. The summed E-state index contributed by atoms with van der Waals surface area (Å²) in [6.07, 6.45) is 0. The van der Waals surface area contributed by atoms with Gasteiger partial charge < -0.3 is 4.74 Å². The molecule has 5 fully saturated rings. The van der Waals surface area contributed by atoms with Crippen molar-refractivity contribution in [2.24, 2.45) is 41.4 Å². The lowest BCUT2D eigenvalue weighted by molar-refractivity contribution is -0.146. The van der Waals surface area contributed by atoms with Gasteiger partial charge in [-0.1, -0.05) is 0 Å². The van der Waals surface area contributed by atoms with Crippen molar-refractivity contribution < 1.29 is 14.3 Å². The standard InChI is InChI=1S/C11H12O3/c1-2-14-11(13)9-6-3-4-5(3)7(4)10(12)8(6)9/h3-9H,2H2,1H3/t3?,4-,5?,6-,7?,8+,9+/m1/s1. The van der Waals surface area contributed by atoms with Crippen molar-refractivity contribution in [3.63, 3.8) is 0 Å². The first-order chi connectivity index (χ1) is 6.77. The first kappa shape index (κ1) is 7.43. The fourth-order valence-electron chi connectivity index (χ4n) is 3.91. The van der Waals surface area contributed by atoms with Gasteiger partial charge in [-0.2, -0.15) is 0 Å². The van der Waals surface area contributed by atoms with Crippen LogP contribution in [0.4, 0.5) is 0 Å². The zero-order valence-corrected chi connectivity index (χ0v) is 7.97. The predicted octanol–water partition coefficient (Wildman–Crippen LogP) is 0.486. The molecule has 3 unspecified atom stereocenters. The summed E-state index contributed by atoms with van der Waals surface area (Å²) in [7, 11) is 0. The third-order valence-electron chi connectivity index (χ3n) is 4.62. The Morgan fingerprint density at radius 1 is 1.21 bits per heavy atom. The molecule has 0 spiro atoms. The molecule has 2 bridgehead atoms. The molecule has 0 aromatic rings. The number of esters is 1. The molecule has 0 aliphatic heterocycles. The van der Waals surface area contributed by atoms with Crippen LogP contribution in [0.2, 0.25) is 0 Å². The summed E-state index contributed by atoms with van der Waals surface area (Å²) in [5, 5.41) is 0. The van der Waals surface area contributed by atoms with Crippen molar-refractivity contribution in [3.05, 3.63) is 0 Å². The minimum Gasteiger partial charge on any atom is -0.466 e. The topological polar surface area (TPSA) is 43.4 Å². The van der Waals surface area contributed by atoms with Crippen LogP contribution in [0.1, 0.15) is 6.92 Å². The van der Waals surface area contributed by atoms with Gasteiger partial charge in [-0.3, -0.25) is 9.59 Å². The fourth-order valence-corrected chi connectivity index (χ4v) is 3.91. The SMILES string of the molecule is CCOC(=O)[C@@H]1[C@H]2C(=O)C3C4C([C@@H]34)[C@@H]12. The van der Waals surface area contributed by atoms with Gasteiger partial charge in [-0.05, 0) is 30.6 Å². The zero-order valence-electron chi connectivity index (χ0n) is 7.97. The second kappa shape index (κ2) is 1.90. The lowest BCUT2D eigenvalue weighted by Crippen LogP contribution is -2.22. The van der Waals surface area contributed by atoms with Gasteiger partial charge in [0.05, 0.1) is 12.5 Å². The van der Waals surface area contributed by atoms with Crippen LogP contribution in [-0.4, -0.2) is 18.4 Å². The Bertz CT molecular complexity index is 352. The van der Waals surface area contributed by atoms with Gasteiger partial charge >= 0.3 is 5.97 Å². The molecule has 0 aromatic carbocycles. The molecule has 7 atom stereocenters. The number of ketones is 1. The third kappa shape index (κ3) is 0.588. The Labute approximate surface area is 81.8 Å². The smallest absolute Gasteiger partial charge is 0.309 e. The summed E-state index contributed by atoms with van der Waals surface area (Å²) in [6.45, 7) is 2.25. The minimum absolute atomic E-state index is 0.0487. The molecule has 14 heavy (non-hydrogen) atoms. The van der Waals surface area contributed by atoms with E-state index in [1.54, 1.807) is 0 Å². The van der Waals surface area contributed by atoms with Gasteiger partial charge in [-0.25, -0.2) is 0 Å². The van der Waals surface area contributed by atoms with Crippen LogP contribution in [0.3, 0.4) is 0 Å². The Morgan fingerprint density at radius 2 is 1.93 bits per heavy atom. The second-order valence-electron chi connectivity index (χ2n) is 5.04. The van der Waals surface area contributed by atoms with Gasteiger partial charge in [0.1, 0.15) is 5.78 Å². The van der Waals surface area contributed by atoms with Crippen molar-refractivity contribution in [2.75, 3.05) is 6.61 Å². The Kier molecular flexibility index (Phi) is 1.01. The van der Waals surface area contributed by atoms with E-state index in [0.717, 1.165) is 5.92 Å². The number of carbonyl (C=O) groups excluding carboxylic acids is 2. The van der Waals surface area contributed by atoms with E-state index in [9.17, 15) is 9.59 Å². The molecule has 74 valence electrons. The maximum Gasteiger partial charge on any atom is 0.309 e. The first-order valence-corrected chi connectivity index (χ1v) is 5.47. The van der Waals surface area contributed by atoms with Gasteiger partial charge in [0.2, 0.25) is 0 Å². The molecule has 0 aromatic heterocycles. The molecule has 3 heteroatoms. The summed E-state index contributed by atoms with van der Waals surface area (Å²) in [5.41, 5.74) is 0. The van der Waals surface area contributed by atoms with Crippen LogP contribution in [0, 0.1) is 41.4 Å². The average molecular weight is 192 g/mol. The van der Waals surface area contributed by atoms with Crippen LogP contribution >= 0.6 is 0 Å². The Morgan fingerprint density at radius 3 is 2.57 bits per heavy atom. The van der Waals surface area contributed by atoms with E-state index in [4.69, 9.17) is 4.74 Å². The number of rotatable bonds is 2. The minimum atomic E-state index is -0.122. The molecule has 0 radical (unpaired) electrons. The van der Waals surface area contributed by atoms with Crippen LogP contribution in [0.15, 0.2) is 0 Å². The predicted molar refractivity (Wildman–Crippen MR) is 46.1 cm³/mol. The van der Waals surface area contributed by atoms with E-state index in [-0.39, 0.29) is 17.8 Å². The summed E-state index contributed by atoms with van der Waals surface area (Å²) < 4.78 is 4.99. The molecule has 5 saturated carbocycles. The fraction of sp³-hybridized carbons (Fsp3) is 0.818. The van der Waals surface area contributed by atoms with E-state index in [0.29, 0.717) is 36.1 Å². The Hall–Kier alpha value is -0.860. The molecule has 0 N–H and O–H groups in total. The van der Waals surface area contributed by atoms with E-state index in [1.807, 2.05) is 6.92 Å². The molecule has 0 amide bonds. The molecule has 3 nitrogen and oxygen atoms in total. The maximum absolute atomic E-state index is 11.7. The number of carbonyl (C=O) groups is 2. The van der Waals surface area contributed by atoms with E-state index in [1.165, 1.54) is 0 Å². The van der Waals surface area contributed by atoms with Crippen molar-refractivity contribution in [3.8, 4) is 0 Å². The normalized spacial score (nSPS) is 59.8. The number of hydrogen-bond donors (Lipinski definition) is 0. The monoisotopic (exact) mass is 192 g/mol. The van der Waals surface area contributed by atoms with E-state index >= 15 is 0 Å². The highest BCUT2D eigenvalue weighted by molar-refractivity contribution is 5.99. The van der Waals surface area contributed by atoms with Crippen molar-refractivity contribution in [1.29, 1.82) is 0 Å². The van der Waals surface area contributed by atoms with Gasteiger partial charge in [0, 0.05) is 11.8 Å². The average Bonchev–Trinajstić information content (AvgIpc) is 2.99. The highest BCUT2D eigenvalue weighted by Crippen LogP contribution is 2.86. The maximum atomic E-state index is 11.7. The quantitative estimate of drug-likeness (QED) is 0.598. The van der Waals surface area contributed by atoms with Crippen LogP contribution in [0.5, 0.6) is 0 Å². The lowest BCUT2D eigenvalue weighted by Gasteiger charge is -2.15. The van der Waals surface area contributed by atoms with Crippen molar-refractivity contribution in [2.45, 2.75) is 6.92 Å². The van der Waals surface area contributed by atoms with Gasteiger partial charge in [0.15, 0.2) is 0 Å². The zero-order chi connectivity index (χ0) is 9.61. The summed E-state index contributed by atoms with van der Waals surface area (Å²) in [6, 6.07) is 0. The number of ether oxygens (including phenoxy) is 1. The molecular formula is C11H12O3. The van der Waals surface area contributed by atoms with Crippen LogP contribution < -0.4 is 0 Å². The van der Waals surface area contributed by atoms with Crippen molar-refractivity contribution in [1.82, 2.24) is 0 Å². The molecule has 0 saturated heterocycles. The molecule has 5 aliphatic rings. The molecule has 0 heterocycles. The first-order valence-electron chi connectivity index (χ1n) is 5.47. The largest absolute Gasteiger partial charge is 0.466 e. The Balaban J connectivity index is 1.57. The second-order valence-corrected chi connectivity index (χ2v) is 5.04. The number of Topliss-reactive ketones (excluding diaryl/α,β-unsaturated/α-hetero) is 1. The molecule has 5 rings (SSSR count). The molecule has 5 aliphatic carbocycles. The summed E-state index contributed by atoms with van der Waals surface area (Å²) >= 11 is 0. The van der Waals surface area contributed by atoms with Gasteiger partial charge in [-0.15, -0.1) is 0 Å². The van der Waals surface area contributed by atoms with Crippen LogP contribution in [0.25, 0.3) is 0 Å². The van der Waals surface area contributed by atoms with E-state index in [2.05, 4.69) is 0 Å². The highest BCUT2D eigenvalue weighted by atomic mass is 16.5. The molecular weight excluding hydrogens is 180 g/mol. The summed E-state index contributed by atoms with van der Waals surface area (Å²) in [4.78, 5) is 23.3. The van der Waals surface area contributed by atoms with E-state index < -0.39 is 0 Å².